The maximum Gasteiger partial charge on any atom is 0.174 e. The van der Waals surface area contributed by atoms with Crippen molar-refractivity contribution >= 4 is 67.7 Å². The second kappa shape index (κ2) is 9.15. The highest BCUT2D eigenvalue weighted by Crippen LogP contribution is 2.28. The number of halogens is 1. The molecule has 5 rings (SSSR count). The Morgan fingerprint density at radius 3 is 2.10 bits per heavy atom. The topological polar surface area (TPSA) is 63.8 Å². The van der Waals surface area contributed by atoms with E-state index in [-0.39, 0.29) is 0 Å². The van der Waals surface area contributed by atoms with Crippen molar-refractivity contribution in [1.82, 2.24) is 9.97 Å². The second-order valence-corrected chi connectivity index (χ2v) is 8.01. The first-order chi connectivity index (χ1) is 14.6. The number of aromatic nitrogens is 2. The first kappa shape index (κ1) is 20.2. The number of benzene rings is 4. The molecule has 0 spiro atoms. The van der Waals surface area contributed by atoms with Crippen LogP contribution in [0.3, 0.4) is 0 Å². The quantitative estimate of drug-likeness (QED) is 0.245. The van der Waals surface area contributed by atoms with Crippen LogP contribution in [0.2, 0.25) is 0 Å². The third-order valence-corrected chi connectivity index (χ3v) is 5.29. The van der Waals surface area contributed by atoms with Gasteiger partial charge in [-0.3, -0.25) is 0 Å². The summed E-state index contributed by atoms with van der Waals surface area (Å²) in [6.07, 6.45) is 0. The van der Waals surface area contributed by atoms with E-state index in [0.29, 0.717) is 11.6 Å². The molecule has 0 amide bonds. The van der Waals surface area contributed by atoms with E-state index in [9.17, 15) is 0 Å². The van der Waals surface area contributed by atoms with Crippen molar-refractivity contribution in [2.45, 2.75) is 4.90 Å². The highest BCUT2D eigenvalue weighted by Gasteiger charge is 2.07. The third kappa shape index (κ3) is 4.72. The van der Waals surface area contributed by atoms with Gasteiger partial charge in [0, 0.05) is 20.4 Å². The summed E-state index contributed by atoms with van der Waals surface area (Å²) >= 11 is 7.42. The lowest BCUT2D eigenvalue weighted by molar-refractivity contribution is 1.29. The average Bonchev–Trinajstić information content (AvgIpc) is 2.77. The maximum absolute atomic E-state index is 6.04. The molecule has 30 heavy (non-hydrogen) atoms. The van der Waals surface area contributed by atoms with Crippen molar-refractivity contribution in [1.29, 1.82) is 0 Å². The summed E-state index contributed by atoms with van der Waals surface area (Å²) < 4.78 is 1.09. The number of hydrogen-bond acceptors (Lipinski definition) is 5. The van der Waals surface area contributed by atoms with Gasteiger partial charge in [-0.15, -0.1) is 12.6 Å². The number of para-hydroxylation sites is 2. The Bertz CT molecular complexity index is 1280. The van der Waals surface area contributed by atoms with Crippen LogP contribution in [0.15, 0.2) is 100 Å². The van der Waals surface area contributed by atoms with Crippen LogP contribution in [0.4, 0.5) is 17.3 Å². The molecule has 0 fully saturated rings. The Balaban J connectivity index is 0.000000230. The van der Waals surface area contributed by atoms with Gasteiger partial charge >= 0.3 is 0 Å². The minimum Gasteiger partial charge on any atom is -0.381 e. The van der Waals surface area contributed by atoms with Crippen LogP contribution in [-0.2, 0) is 0 Å². The molecule has 0 aliphatic carbocycles. The number of nitrogens with one attached hydrogen (secondary N) is 1. The first-order valence-corrected chi connectivity index (χ1v) is 10.6. The van der Waals surface area contributed by atoms with E-state index in [2.05, 4.69) is 62.0 Å². The minimum atomic E-state index is 0.395. The molecule has 6 heteroatoms. The molecule has 3 N–H and O–H groups in total. The largest absolute Gasteiger partial charge is 0.381 e. The molecule has 0 unspecified atom stereocenters. The van der Waals surface area contributed by atoms with Crippen molar-refractivity contribution in [3.05, 3.63) is 95.5 Å². The molecule has 0 bridgehead atoms. The molecule has 0 saturated carbocycles. The van der Waals surface area contributed by atoms with Gasteiger partial charge in [-0.05, 0) is 47.9 Å². The number of nitrogen functional groups attached to an aromatic ring is 1. The van der Waals surface area contributed by atoms with Gasteiger partial charge in [0.2, 0.25) is 0 Å². The van der Waals surface area contributed by atoms with Gasteiger partial charge in [0.15, 0.2) is 11.6 Å². The molecule has 1 heterocycles. The zero-order valence-corrected chi connectivity index (χ0v) is 18.4. The lowest BCUT2D eigenvalue weighted by atomic mass is 10.1. The molecule has 4 aromatic carbocycles. The number of nitrogens with two attached hydrogens (primary N) is 1. The molecule has 0 aliphatic heterocycles. The molecule has 0 atom stereocenters. The fraction of sp³-hybridized carbons (Fsp3) is 0. The van der Waals surface area contributed by atoms with E-state index < -0.39 is 0 Å². The number of nitrogens with zero attached hydrogens (tertiary/aromatic N) is 2. The number of anilines is 3. The van der Waals surface area contributed by atoms with E-state index in [0.717, 1.165) is 31.5 Å². The molecular formula is C24H19BrN4S. The van der Waals surface area contributed by atoms with E-state index in [1.807, 2.05) is 72.8 Å². The van der Waals surface area contributed by atoms with Crippen LogP contribution in [0, 0.1) is 0 Å². The Labute approximate surface area is 188 Å². The second-order valence-electron chi connectivity index (χ2n) is 6.57. The van der Waals surface area contributed by atoms with Crippen molar-refractivity contribution in [3.63, 3.8) is 0 Å². The van der Waals surface area contributed by atoms with Crippen molar-refractivity contribution < 1.29 is 0 Å². The Kier molecular flexibility index (Phi) is 6.16. The van der Waals surface area contributed by atoms with Crippen LogP contribution in [0.1, 0.15) is 0 Å². The van der Waals surface area contributed by atoms with Crippen LogP contribution in [0.5, 0.6) is 0 Å². The summed E-state index contributed by atoms with van der Waals surface area (Å²) in [5.41, 5.74) is 8.62. The smallest absolute Gasteiger partial charge is 0.174 e. The Hall–Kier alpha value is -3.09. The van der Waals surface area contributed by atoms with Gasteiger partial charge in [0.25, 0.3) is 0 Å². The van der Waals surface area contributed by atoms with Crippen LogP contribution >= 0.6 is 28.6 Å². The van der Waals surface area contributed by atoms with Gasteiger partial charge in [-0.2, -0.15) is 0 Å². The molecule has 0 aliphatic rings. The fourth-order valence-corrected chi connectivity index (χ4v) is 3.42. The molecular weight excluding hydrogens is 456 g/mol. The minimum absolute atomic E-state index is 0.395. The van der Waals surface area contributed by atoms with E-state index in [1.165, 1.54) is 5.39 Å². The Morgan fingerprint density at radius 2 is 1.37 bits per heavy atom. The maximum atomic E-state index is 6.04. The van der Waals surface area contributed by atoms with Gasteiger partial charge in [0.05, 0.1) is 11.0 Å². The summed E-state index contributed by atoms with van der Waals surface area (Å²) in [6, 6.07) is 29.8. The normalized spacial score (nSPS) is 10.5. The van der Waals surface area contributed by atoms with E-state index in [1.54, 1.807) is 0 Å². The first-order valence-electron chi connectivity index (χ1n) is 9.32. The SMILES string of the molecule is Nc1nc2ccccc2nc1Nc1cccc2ccccc12.Sc1ccc(Br)cc1. The van der Waals surface area contributed by atoms with E-state index >= 15 is 0 Å². The summed E-state index contributed by atoms with van der Waals surface area (Å²) in [5.74, 6) is 0.974. The molecule has 148 valence electrons. The monoisotopic (exact) mass is 474 g/mol. The number of hydrogen-bond donors (Lipinski definition) is 3. The van der Waals surface area contributed by atoms with E-state index in [4.69, 9.17) is 5.73 Å². The van der Waals surface area contributed by atoms with Gasteiger partial charge in [-0.25, -0.2) is 9.97 Å². The highest BCUT2D eigenvalue weighted by atomic mass is 79.9. The Morgan fingerprint density at radius 1 is 0.733 bits per heavy atom. The average molecular weight is 475 g/mol. The van der Waals surface area contributed by atoms with Crippen LogP contribution < -0.4 is 11.1 Å². The third-order valence-electron chi connectivity index (χ3n) is 4.47. The molecule has 0 radical (unpaired) electrons. The van der Waals surface area contributed by atoms with Crippen molar-refractivity contribution in [3.8, 4) is 0 Å². The molecule has 4 nitrogen and oxygen atoms in total. The summed E-state index contributed by atoms with van der Waals surface area (Å²) in [4.78, 5) is 9.98. The molecule has 0 saturated heterocycles. The summed E-state index contributed by atoms with van der Waals surface area (Å²) in [6.45, 7) is 0. The van der Waals surface area contributed by atoms with Crippen molar-refractivity contribution in [2.24, 2.45) is 0 Å². The van der Waals surface area contributed by atoms with Gasteiger partial charge in [0.1, 0.15) is 0 Å². The number of fused-ring (bicyclic) bond motifs is 2. The van der Waals surface area contributed by atoms with Gasteiger partial charge in [-0.1, -0.05) is 64.5 Å². The molecule has 5 aromatic rings. The van der Waals surface area contributed by atoms with Gasteiger partial charge < -0.3 is 11.1 Å². The standard InChI is InChI=1S/C18H14N4.C6H5BrS/c19-17-18(22-16-10-4-3-9-15(16)20-17)21-14-11-5-7-12-6-1-2-8-13(12)14;7-5-1-3-6(8)4-2-5/h1-11H,(H2,19,20)(H,21,22);1-4,8H. The predicted octanol–water partition coefficient (Wildman–Crippen LogP) is 6.85. The zero-order valence-electron chi connectivity index (χ0n) is 16.0. The summed E-state index contributed by atoms with van der Waals surface area (Å²) in [5, 5.41) is 5.60. The van der Waals surface area contributed by atoms with Crippen molar-refractivity contribution in [2.75, 3.05) is 11.1 Å². The zero-order chi connectivity index (χ0) is 20.9. The lowest BCUT2D eigenvalue weighted by Crippen LogP contribution is -2.02. The summed E-state index contributed by atoms with van der Waals surface area (Å²) in [7, 11) is 0. The van der Waals surface area contributed by atoms with Crippen LogP contribution in [0.25, 0.3) is 21.8 Å². The predicted molar refractivity (Wildman–Crippen MR) is 133 cm³/mol. The highest BCUT2D eigenvalue weighted by molar-refractivity contribution is 9.10. The number of thiol groups is 1. The molecule has 1 aromatic heterocycles. The van der Waals surface area contributed by atoms with Crippen LogP contribution in [-0.4, -0.2) is 9.97 Å². The fourth-order valence-electron chi connectivity index (χ4n) is 3.01. The number of rotatable bonds is 2. The lowest BCUT2D eigenvalue weighted by Gasteiger charge is -2.11.